The van der Waals surface area contributed by atoms with Crippen molar-refractivity contribution >= 4 is 34.9 Å². The number of halogens is 2. The van der Waals surface area contributed by atoms with E-state index in [0.29, 0.717) is 27.6 Å². The summed E-state index contributed by atoms with van der Waals surface area (Å²) < 4.78 is 5.45. The predicted octanol–water partition coefficient (Wildman–Crippen LogP) is 4.19. The summed E-state index contributed by atoms with van der Waals surface area (Å²) in [4.78, 5) is 14.3. The van der Waals surface area contributed by atoms with Crippen LogP contribution in [0.4, 0.5) is 10.5 Å². The van der Waals surface area contributed by atoms with Gasteiger partial charge < -0.3 is 15.0 Å². The number of ether oxygens (including phenoxy) is 1. The van der Waals surface area contributed by atoms with Crippen molar-refractivity contribution in [3.05, 3.63) is 27.7 Å². The average Bonchev–Trinajstić information content (AvgIpc) is 3.15. The molecule has 6 heteroatoms. The summed E-state index contributed by atoms with van der Waals surface area (Å²) in [6.07, 6.45) is 2.16. The number of likely N-dealkylation sites (tertiary alicyclic amines) is 1. The lowest BCUT2D eigenvalue weighted by atomic mass is 9.91. The Bertz CT molecular complexity index is 574. The van der Waals surface area contributed by atoms with Crippen LogP contribution in [0, 0.1) is 18.8 Å². The molecular formula is C16H20Cl2N2O2. The molecule has 0 unspecified atom stereocenters. The van der Waals surface area contributed by atoms with E-state index >= 15 is 0 Å². The fourth-order valence-corrected chi connectivity index (χ4v) is 3.65. The third-order valence-corrected chi connectivity index (χ3v) is 5.35. The van der Waals surface area contributed by atoms with Crippen LogP contribution in [0.25, 0.3) is 0 Å². The number of aryl methyl sites for hydroxylation is 1. The van der Waals surface area contributed by atoms with Crippen molar-refractivity contribution in [3.63, 3.8) is 0 Å². The molecule has 2 heterocycles. The first kappa shape index (κ1) is 15.9. The Hall–Kier alpha value is -0.970. The number of amides is 2. The van der Waals surface area contributed by atoms with Gasteiger partial charge in [0.25, 0.3) is 0 Å². The lowest BCUT2D eigenvalue weighted by Gasteiger charge is -2.20. The molecule has 0 aliphatic carbocycles. The summed E-state index contributed by atoms with van der Waals surface area (Å²) in [5.74, 6) is 1.14. The Morgan fingerprint density at radius 2 is 2.09 bits per heavy atom. The summed E-state index contributed by atoms with van der Waals surface area (Å²) in [6, 6.07) is 3.36. The Morgan fingerprint density at radius 3 is 2.82 bits per heavy atom. The highest BCUT2D eigenvalue weighted by atomic mass is 35.5. The minimum absolute atomic E-state index is 0.108. The third-order valence-electron chi connectivity index (χ3n) is 4.63. The lowest BCUT2D eigenvalue weighted by molar-refractivity contribution is 0.171. The topological polar surface area (TPSA) is 41.6 Å². The number of nitrogens with one attached hydrogen (secondary N) is 1. The number of benzene rings is 1. The van der Waals surface area contributed by atoms with E-state index in [-0.39, 0.29) is 6.03 Å². The molecule has 22 heavy (non-hydrogen) atoms. The molecule has 2 aliphatic rings. The number of rotatable bonds is 2. The van der Waals surface area contributed by atoms with Gasteiger partial charge in [-0.2, -0.15) is 0 Å². The molecule has 2 atom stereocenters. The van der Waals surface area contributed by atoms with E-state index < -0.39 is 0 Å². The van der Waals surface area contributed by atoms with Crippen LogP contribution in [0.1, 0.15) is 18.4 Å². The second-order valence-electron chi connectivity index (χ2n) is 6.13. The molecule has 2 saturated heterocycles. The highest BCUT2D eigenvalue weighted by Gasteiger charge is 2.33. The highest BCUT2D eigenvalue weighted by Crippen LogP contribution is 2.32. The SMILES string of the molecule is Cc1cc(Cl)c(NC(=O)N2CC[C@@H]([C@H]3CCOC3)C2)cc1Cl. The van der Waals surface area contributed by atoms with Gasteiger partial charge in [0.2, 0.25) is 0 Å². The van der Waals surface area contributed by atoms with Crippen LogP contribution < -0.4 is 5.32 Å². The Kier molecular flexibility index (Phi) is 4.81. The molecule has 1 aromatic rings. The molecule has 120 valence electrons. The monoisotopic (exact) mass is 342 g/mol. The maximum Gasteiger partial charge on any atom is 0.321 e. The molecule has 3 rings (SSSR count). The first-order valence-electron chi connectivity index (χ1n) is 7.64. The van der Waals surface area contributed by atoms with Crippen LogP contribution in [-0.2, 0) is 4.74 Å². The van der Waals surface area contributed by atoms with Gasteiger partial charge in [-0.25, -0.2) is 4.79 Å². The van der Waals surface area contributed by atoms with Crippen molar-refractivity contribution in [2.45, 2.75) is 19.8 Å². The van der Waals surface area contributed by atoms with E-state index in [1.807, 2.05) is 11.8 Å². The normalized spacial score (nSPS) is 24.8. The second-order valence-corrected chi connectivity index (χ2v) is 6.94. The van der Waals surface area contributed by atoms with E-state index in [4.69, 9.17) is 27.9 Å². The number of anilines is 1. The number of hydrogen-bond donors (Lipinski definition) is 1. The smallest absolute Gasteiger partial charge is 0.321 e. The summed E-state index contributed by atoms with van der Waals surface area (Å²) in [7, 11) is 0. The van der Waals surface area contributed by atoms with Crippen LogP contribution in [-0.4, -0.2) is 37.2 Å². The second kappa shape index (κ2) is 6.65. The average molecular weight is 343 g/mol. The maximum absolute atomic E-state index is 12.4. The van der Waals surface area contributed by atoms with E-state index in [0.717, 1.165) is 44.7 Å². The van der Waals surface area contributed by atoms with E-state index in [1.54, 1.807) is 12.1 Å². The molecule has 0 spiro atoms. The minimum atomic E-state index is -0.108. The lowest BCUT2D eigenvalue weighted by Crippen LogP contribution is -2.33. The largest absolute Gasteiger partial charge is 0.381 e. The Balaban J connectivity index is 1.62. The van der Waals surface area contributed by atoms with Crippen molar-refractivity contribution < 1.29 is 9.53 Å². The number of carbonyl (C=O) groups excluding carboxylic acids is 1. The van der Waals surface area contributed by atoms with Crippen molar-refractivity contribution in [2.75, 3.05) is 31.6 Å². The fourth-order valence-electron chi connectivity index (χ4n) is 3.22. The van der Waals surface area contributed by atoms with Gasteiger partial charge in [0, 0.05) is 31.3 Å². The molecule has 0 radical (unpaired) electrons. The molecule has 4 nitrogen and oxygen atoms in total. The van der Waals surface area contributed by atoms with E-state index in [1.165, 1.54) is 0 Å². The molecule has 2 aliphatic heterocycles. The van der Waals surface area contributed by atoms with Crippen molar-refractivity contribution in [1.29, 1.82) is 0 Å². The molecule has 0 bridgehead atoms. The van der Waals surface area contributed by atoms with Crippen LogP contribution in [0.5, 0.6) is 0 Å². The quantitative estimate of drug-likeness (QED) is 0.875. The van der Waals surface area contributed by atoms with E-state index in [2.05, 4.69) is 5.32 Å². The van der Waals surface area contributed by atoms with Crippen molar-refractivity contribution in [1.82, 2.24) is 4.90 Å². The van der Waals surface area contributed by atoms with E-state index in [9.17, 15) is 4.79 Å². The molecule has 1 N–H and O–H groups in total. The number of hydrogen-bond acceptors (Lipinski definition) is 2. The molecule has 0 aromatic heterocycles. The zero-order chi connectivity index (χ0) is 15.7. The minimum Gasteiger partial charge on any atom is -0.381 e. The summed E-state index contributed by atoms with van der Waals surface area (Å²) in [5, 5.41) is 3.98. The highest BCUT2D eigenvalue weighted by molar-refractivity contribution is 6.36. The number of nitrogens with zero attached hydrogens (tertiary/aromatic N) is 1. The summed E-state index contributed by atoms with van der Waals surface area (Å²) in [5.41, 5.74) is 1.46. The molecule has 2 amide bonds. The first-order chi connectivity index (χ1) is 10.5. The zero-order valence-corrected chi connectivity index (χ0v) is 14.1. The Labute approximate surface area is 140 Å². The van der Waals surface area contributed by atoms with Gasteiger partial charge in [-0.1, -0.05) is 23.2 Å². The first-order valence-corrected chi connectivity index (χ1v) is 8.39. The van der Waals surface area contributed by atoms with Crippen molar-refractivity contribution in [3.8, 4) is 0 Å². The van der Waals surface area contributed by atoms with Crippen LogP contribution in [0.2, 0.25) is 10.0 Å². The van der Waals surface area contributed by atoms with Gasteiger partial charge in [-0.05, 0) is 49.3 Å². The van der Waals surface area contributed by atoms with Crippen LogP contribution >= 0.6 is 23.2 Å². The number of carbonyl (C=O) groups is 1. The van der Waals surface area contributed by atoms with Crippen LogP contribution in [0.3, 0.4) is 0 Å². The van der Waals surface area contributed by atoms with Gasteiger partial charge in [-0.3, -0.25) is 0 Å². The molecule has 2 fully saturated rings. The van der Waals surface area contributed by atoms with Gasteiger partial charge in [0.1, 0.15) is 0 Å². The zero-order valence-electron chi connectivity index (χ0n) is 12.6. The standard InChI is InChI=1S/C16H20Cl2N2O2/c1-10-6-14(18)15(7-13(10)17)19-16(21)20-4-2-11(8-20)12-3-5-22-9-12/h6-7,11-12H,2-5,8-9H2,1H3,(H,19,21)/t11-,12+/m1/s1. The summed E-state index contributed by atoms with van der Waals surface area (Å²) >= 11 is 12.3. The third kappa shape index (κ3) is 3.34. The van der Waals surface area contributed by atoms with Gasteiger partial charge in [-0.15, -0.1) is 0 Å². The van der Waals surface area contributed by atoms with Crippen molar-refractivity contribution in [2.24, 2.45) is 11.8 Å². The molecule has 1 aromatic carbocycles. The molecular weight excluding hydrogens is 323 g/mol. The fraction of sp³-hybridized carbons (Fsp3) is 0.562. The van der Waals surface area contributed by atoms with Gasteiger partial charge in [0.15, 0.2) is 0 Å². The van der Waals surface area contributed by atoms with Gasteiger partial charge >= 0.3 is 6.03 Å². The maximum atomic E-state index is 12.4. The molecule has 0 saturated carbocycles. The predicted molar refractivity (Wildman–Crippen MR) is 88.8 cm³/mol. The number of urea groups is 1. The van der Waals surface area contributed by atoms with Gasteiger partial charge in [0.05, 0.1) is 10.7 Å². The van der Waals surface area contributed by atoms with Crippen LogP contribution in [0.15, 0.2) is 12.1 Å². The summed E-state index contributed by atoms with van der Waals surface area (Å²) in [6.45, 7) is 5.14. The Morgan fingerprint density at radius 1 is 1.27 bits per heavy atom.